The zero-order chi connectivity index (χ0) is 24.1. The highest BCUT2D eigenvalue weighted by Gasteiger charge is 2.29. The number of carbonyl (C=O) groups is 1. The molecule has 1 N–H and O–H groups in total. The summed E-state index contributed by atoms with van der Waals surface area (Å²) in [5.74, 6) is 0.198. The van der Waals surface area contributed by atoms with Crippen LogP contribution in [0, 0.1) is 5.21 Å². The molecule has 176 valence electrons. The molecule has 1 amide bonds. The lowest BCUT2D eigenvalue weighted by Gasteiger charge is -2.32. The first-order chi connectivity index (χ1) is 16.5. The van der Waals surface area contributed by atoms with Crippen LogP contribution >= 0.6 is 11.3 Å². The zero-order valence-electron chi connectivity index (χ0n) is 18.9. The van der Waals surface area contributed by atoms with E-state index in [-0.39, 0.29) is 18.0 Å². The highest BCUT2D eigenvalue weighted by Crippen LogP contribution is 2.25. The lowest BCUT2D eigenvalue weighted by Crippen LogP contribution is -2.42. The number of pyridine rings is 2. The number of nitrogens with one attached hydrogen (secondary N) is 1. The Morgan fingerprint density at radius 3 is 2.76 bits per heavy atom. The maximum atomic E-state index is 13.6. The zero-order valence-corrected chi connectivity index (χ0v) is 19.7. The topological polar surface area (TPSA) is 120 Å². The summed E-state index contributed by atoms with van der Waals surface area (Å²) < 4.78 is 2.22. The summed E-state index contributed by atoms with van der Waals surface area (Å²) in [5.41, 5.74) is 2.95. The third kappa shape index (κ3) is 4.80. The van der Waals surface area contributed by atoms with Gasteiger partial charge in [-0.3, -0.25) is 14.2 Å². The van der Waals surface area contributed by atoms with Crippen LogP contribution in [0.1, 0.15) is 41.3 Å². The number of hydrogen-bond acceptors (Lipinski definition) is 8. The average molecular weight is 480 g/mol. The number of aromatic nitrogens is 5. The molecule has 4 rings (SSSR count). The number of thiazole rings is 1. The van der Waals surface area contributed by atoms with Crippen LogP contribution in [0.5, 0.6) is 0 Å². The third-order valence-electron chi connectivity index (χ3n) is 5.54. The van der Waals surface area contributed by atoms with Gasteiger partial charge in [0.2, 0.25) is 0 Å². The van der Waals surface area contributed by atoms with E-state index in [0.29, 0.717) is 46.7 Å². The smallest absolute Gasteiger partial charge is 0.263 e. The molecule has 0 fully saturated rings. The maximum Gasteiger partial charge on any atom is 0.263 e. The Hall–Kier alpha value is -3.70. The first-order valence-electron chi connectivity index (χ1n) is 10.9. The van der Waals surface area contributed by atoms with Crippen molar-refractivity contribution >= 4 is 28.3 Å². The van der Waals surface area contributed by atoms with Gasteiger partial charge in [-0.05, 0) is 25.6 Å². The number of carbonyl (C=O) groups excluding carboxylic acids is 1. The van der Waals surface area contributed by atoms with E-state index in [9.17, 15) is 14.8 Å². The van der Waals surface area contributed by atoms with Crippen molar-refractivity contribution in [3.05, 3.63) is 86.4 Å². The number of amides is 1. The van der Waals surface area contributed by atoms with E-state index < -0.39 is 6.04 Å². The molecule has 0 aliphatic carbocycles. The van der Waals surface area contributed by atoms with Crippen molar-refractivity contribution < 1.29 is 9.52 Å². The van der Waals surface area contributed by atoms with Crippen LogP contribution in [0.15, 0.2) is 58.5 Å². The fourth-order valence-electron chi connectivity index (χ4n) is 3.85. The molecule has 0 aromatic carbocycles. The first kappa shape index (κ1) is 23.5. The summed E-state index contributed by atoms with van der Waals surface area (Å²) >= 11 is 1.45. The Bertz CT molecular complexity index is 1320. The van der Waals surface area contributed by atoms with E-state index in [2.05, 4.69) is 15.3 Å². The minimum absolute atomic E-state index is 0.229. The second kappa shape index (κ2) is 10.5. The summed E-state index contributed by atoms with van der Waals surface area (Å²) in [7, 11) is 1.81. The molecule has 0 bridgehead atoms. The van der Waals surface area contributed by atoms with Gasteiger partial charge in [0.15, 0.2) is 18.0 Å². The second-order valence-electron chi connectivity index (χ2n) is 7.69. The molecule has 0 radical (unpaired) electrons. The van der Waals surface area contributed by atoms with Crippen molar-refractivity contribution in [2.75, 3.05) is 20.1 Å². The van der Waals surface area contributed by atoms with E-state index in [1.807, 2.05) is 19.4 Å². The van der Waals surface area contributed by atoms with Crippen LogP contribution in [0.4, 0.5) is 0 Å². The van der Waals surface area contributed by atoms with Crippen molar-refractivity contribution in [1.82, 2.24) is 29.7 Å². The monoisotopic (exact) mass is 479 g/mol. The standard InChI is InChI=1S/C23H25N7O3S/c1-3-19(29(12-9-24-2)22(31)16-6-10-28(33)11-7-16)21-27-20-18(5-4-8-25-20)23(32)30(21)13-17-14-34-15-26-17/h4-8,10-11,14-15,19,24H,3,9,12-13H2,1-2H3. The molecular weight excluding hydrogens is 454 g/mol. The Morgan fingerprint density at radius 2 is 2.09 bits per heavy atom. The number of rotatable bonds is 9. The van der Waals surface area contributed by atoms with E-state index >= 15 is 0 Å². The van der Waals surface area contributed by atoms with Crippen molar-refractivity contribution in [3.63, 3.8) is 0 Å². The third-order valence-corrected chi connectivity index (χ3v) is 6.17. The molecule has 11 heteroatoms. The maximum absolute atomic E-state index is 13.6. The molecule has 0 aliphatic heterocycles. The highest BCUT2D eigenvalue weighted by atomic mass is 32.1. The average Bonchev–Trinajstić information content (AvgIpc) is 3.37. The van der Waals surface area contributed by atoms with Crippen LogP contribution in [-0.2, 0) is 6.54 Å². The van der Waals surface area contributed by atoms with Gasteiger partial charge >= 0.3 is 0 Å². The Kier molecular flexibility index (Phi) is 7.24. The molecule has 4 aromatic heterocycles. The van der Waals surface area contributed by atoms with Crippen LogP contribution in [0.2, 0.25) is 0 Å². The van der Waals surface area contributed by atoms with Gasteiger partial charge in [-0.25, -0.2) is 15.0 Å². The van der Waals surface area contributed by atoms with Gasteiger partial charge in [0.25, 0.3) is 11.5 Å². The Balaban J connectivity index is 1.86. The molecule has 4 aromatic rings. The predicted molar refractivity (Wildman–Crippen MR) is 128 cm³/mol. The molecule has 1 unspecified atom stereocenters. The highest BCUT2D eigenvalue weighted by molar-refractivity contribution is 7.07. The van der Waals surface area contributed by atoms with Gasteiger partial charge in [0.1, 0.15) is 5.82 Å². The molecular formula is C23H25N7O3S. The number of hydrogen-bond donors (Lipinski definition) is 1. The van der Waals surface area contributed by atoms with Crippen molar-refractivity contribution in [1.29, 1.82) is 0 Å². The first-order valence-corrected chi connectivity index (χ1v) is 11.8. The minimum Gasteiger partial charge on any atom is -0.619 e. The predicted octanol–water partition coefficient (Wildman–Crippen LogP) is 1.74. The lowest BCUT2D eigenvalue weighted by molar-refractivity contribution is -0.605. The second-order valence-corrected chi connectivity index (χ2v) is 8.41. The summed E-state index contributed by atoms with van der Waals surface area (Å²) in [6.45, 7) is 3.11. The summed E-state index contributed by atoms with van der Waals surface area (Å²) in [6.07, 6.45) is 4.70. The van der Waals surface area contributed by atoms with Crippen LogP contribution in [-0.4, -0.2) is 50.5 Å². The van der Waals surface area contributed by atoms with Gasteiger partial charge in [-0.1, -0.05) is 6.92 Å². The van der Waals surface area contributed by atoms with E-state index in [0.717, 1.165) is 5.69 Å². The molecule has 34 heavy (non-hydrogen) atoms. The van der Waals surface area contributed by atoms with Gasteiger partial charge in [0, 0.05) is 36.8 Å². The van der Waals surface area contributed by atoms with Crippen LogP contribution in [0.25, 0.3) is 11.0 Å². The van der Waals surface area contributed by atoms with Crippen LogP contribution < -0.4 is 15.6 Å². The summed E-state index contributed by atoms with van der Waals surface area (Å²) in [5, 5.41) is 16.9. The quantitative estimate of drug-likeness (QED) is 0.287. The number of fused-ring (bicyclic) bond motifs is 1. The SMILES string of the molecule is CCC(c1nc2ncccc2c(=O)n1Cc1cscn1)N(CCNC)C(=O)c1cc[n+]([O-])cc1. The molecule has 0 aliphatic rings. The molecule has 0 saturated carbocycles. The van der Waals surface area contributed by atoms with Gasteiger partial charge in [-0.2, -0.15) is 4.73 Å². The Labute approximate surface area is 200 Å². The fourth-order valence-corrected chi connectivity index (χ4v) is 4.40. The molecule has 4 heterocycles. The molecule has 10 nitrogen and oxygen atoms in total. The number of likely N-dealkylation sites (N-methyl/N-ethyl adjacent to an activating group) is 1. The van der Waals surface area contributed by atoms with E-state index in [1.54, 1.807) is 33.3 Å². The van der Waals surface area contributed by atoms with E-state index in [4.69, 9.17) is 4.98 Å². The largest absolute Gasteiger partial charge is 0.619 e. The summed E-state index contributed by atoms with van der Waals surface area (Å²) in [6, 6.07) is 5.89. The van der Waals surface area contributed by atoms with Gasteiger partial charge < -0.3 is 15.4 Å². The normalized spacial score (nSPS) is 12.1. The van der Waals surface area contributed by atoms with Crippen molar-refractivity contribution in [3.8, 4) is 0 Å². The summed E-state index contributed by atoms with van der Waals surface area (Å²) in [4.78, 5) is 42.2. The molecule has 1 atom stereocenters. The minimum atomic E-state index is -0.502. The van der Waals surface area contributed by atoms with Gasteiger partial charge in [-0.15, -0.1) is 11.3 Å². The van der Waals surface area contributed by atoms with Crippen molar-refractivity contribution in [2.45, 2.75) is 25.9 Å². The van der Waals surface area contributed by atoms with Gasteiger partial charge in [0.05, 0.1) is 34.7 Å². The van der Waals surface area contributed by atoms with Crippen molar-refractivity contribution in [2.24, 2.45) is 0 Å². The Morgan fingerprint density at radius 1 is 1.29 bits per heavy atom. The fraction of sp³-hybridized carbons (Fsp3) is 0.304. The lowest BCUT2D eigenvalue weighted by atomic mass is 10.1. The molecule has 0 spiro atoms. The number of nitrogens with zero attached hydrogens (tertiary/aromatic N) is 6. The van der Waals surface area contributed by atoms with Crippen LogP contribution in [0.3, 0.4) is 0 Å². The van der Waals surface area contributed by atoms with E-state index in [1.165, 1.54) is 35.9 Å². The molecule has 0 saturated heterocycles.